The van der Waals surface area contributed by atoms with Crippen LogP contribution >= 0.6 is 0 Å². The summed E-state index contributed by atoms with van der Waals surface area (Å²) in [5.41, 5.74) is 1.45. The van der Waals surface area contributed by atoms with Crippen LogP contribution in [0.25, 0.3) is 0 Å². The molecule has 0 amide bonds. The molecule has 156 valence electrons. The molecule has 0 saturated carbocycles. The Kier molecular flexibility index (Phi) is 7.03. The normalized spacial score (nSPS) is 11.4. The van der Waals surface area contributed by atoms with E-state index in [1.807, 2.05) is 6.92 Å². The lowest BCUT2D eigenvalue weighted by Gasteiger charge is -2.12. The van der Waals surface area contributed by atoms with Gasteiger partial charge in [-0.25, -0.2) is 9.22 Å². The number of ether oxygens (including phenoxy) is 2. The molecule has 30 heavy (non-hydrogen) atoms. The van der Waals surface area contributed by atoms with E-state index in [1.54, 1.807) is 48.5 Å². The summed E-state index contributed by atoms with van der Waals surface area (Å²) in [6.07, 6.45) is 1.38. The monoisotopic (exact) mass is 428 g/mol. The molecule has 0 unspecified atom stereocenters. The molecule has 0 fully saturated rings. The van der Waals surface area contributed by atoms with Crippen LogP contribution in [-0.4, -0.2) is 21.2 Å². The summed E-state index contributed by atoms with van der Waals surface area (Å²) in [5, 5.41) is 3.83. The van der Waals surface area contributed by atoms with Crippen molar-refractivity contribution in [2.45, 2.75) is 18.4 Å². The smallest absolute Gasteiger partial charge is 0.276 e. The fourth-order valence-corrected chi connectivity index (χ4v) is 3.37. The fourth-order valence-electron chi connectivity index (χ4n) is 2.56. The highest BCUT2D eigenvalue weighted by molar-refractivity contribution is 7.89. The minimum absolute atomic E-state index is 0.127. The predicted octanol–water partition coefficient (Wildman–Crippen LogP) is 4.12. The molecule has 0 spiro atoms. The van der Waals surface area contributed by atoms with Crippen molar-refractivity contribution in [2.75, 3.05) is 6.61 Å². The van der Waals surface area contributed by atoms with Crippen LogP contribution in [0.15, 0.2) is 82.8 Å². The van der Waals surface area contributed by atoms with Crippen molar-refractivity contribution in [3.05, 3.63) is 89.7 Å². The Morgan fingerprint density at radius 2 is 1.70 bits per heavy atom. The highest BCUT2D eigenvalue weighted by Gasteiger charge is 2.11. The summed E-state index contributed by atoms with van der Waals surface area (Å²) in [4.78, 5) is 2.31. The van der Waals surface area contributed by atoms with Crippen LogP contribution < -0.4 is 14.3 Å². The van der Waals surface area contributed by atoms with Crippen LogP contribution in [0.3, 0.4) is 0 Å². The Hall–Kier alpha value is -3.39. The van der Waals surface area contributed by atoms with E-state index in [-0.39, 0.29) is 17.3 Å². The van der Waals surface area contributed by atoms with E-state index in [0.717, 1.165) is 5.56 Å². The first kappa shape index (κ1) is 21.3. The number of sulfonamides is 1. The first-order valence-corrected chi connectivity index (χ1v) is 10.7. The minimum atomic E-state index is -3.73. The predicted molar refractivity (Wildman–Crippen MR) is 113 cm³/mol. The molecular formula is C22H21FN2O4S. The van der Waals surface area contributed by atoms with Crippen molar-refractivity contribution in [1.82, 2.24) is 4.83 Å². The SMILES string of the molecule is CCOc1cc(C=NNS(=O)(=O)c2ccccc2)ccc1OCc1ccc(F)cc1. The summed E-state index contributed by atoms with van der Waals surface area (Å²) in [6.45, 7) is 2.53. The maximum Gasteiger partial charge on any atom is 0.276 e. The quantitative estimate of drug-likeness (QED) is 0.411. The molecule has 0 aliphatic carbocycles. The molecule has 0 heterocycles. The van der Waals surface area contributed by atoms with E-state index in [4.69, 9.17) is 9.47 Å². The molecule has 0 aliphatic heterocycles. The third-order valence-corrected chi connectivity index (χ3v) is 5.25. The summed E-state index contributed by atoms with van der Waals surface area (Å²) in [6, 6.07) is 19.2. The van der Waals surface area contributed by atoms with Gasteiger partial charge in [-0.05, 0) is 60.5 Å². The maximum absolute atomic E-state index is 13.0. The van der Waals surface area contributed by atoms with Gasteiger partial charge in [0.15, 0.2) is 11.5 Å². The number of hydrogen-bond acceptors (Lipinski definition) is 5. The van der Waals surface area contributed by atoms with Crippen LogP contribution in [0.1, 0.15) is 18.1 Å². The third kappa shape index (κ3) is 5.81. The number of hydrazone groups is 1. The zero-order chi connectivity index (χ0) is 21.4. The Balaban J connectivity index is 1.69. The van der Waals surface area contributed by atoms with Crippen LogP contribution in [0, 0.1) is 5.82 Å². The lowest BCUT2D eigenvalue weighted by atomic mass is 10.2. The molecule has 0 atom stereocenters. The van der Waals surface area contributed by atoms with Crippen LogP contribution in [0.4, 0.5) is 4.39 Å². The van der Waals surface area contributed by atoms with Gasteiger partial charge >= 0.3 is 0 Å². The van der Waals surface area contributed by atoms with E-state index in [1.165, 1.54) is 30.5 Å². The standard InChI is InChI=1S/C22H21FN2O4S/c1-2-28-22-14-18(15-24-25-30(26,27)20-6-4-3-5-7-20)10-13-21(22)29-16-17-8-11-19(23)12-9-17/h3-15,25H,2,16H2,1H3. The van der Waals surface area contributed by atoms with E-state index in [9.17, 15) is 12.8 Å². The van der Waals surface area contributed by atoms with Gasteiger partial charge in [0, 0.05) is 0 Å². The largest absolute Gasteiger partial charge is 0.490 e. The Bertz CT molecular complexity index is 1100. The van der Waals surface area contributed by atoms with Gasteiger partial charge in [-0.1, -0.05) is 30.3 Å². The Morgan fingerprint density at radius 1 is 0.967 bits per heavy atom. The van der Waals surface area contributed by atoms with Crippen LogP contribution in [0.2, 0.25) is 0 Å². The molecule has 1 N–H and O–H groups in total. The second kappa shape index (κ2) is 9.89. The summed E-state index contributed by atoms with van der Waals surface area (Å²) >= 11 is 0. The van der Waals surface area contributed by atoms with Gasteiger partial charge in [-0.3, -0.25) is 0 Å². The molecular weight excluding hydrogens is 407 g/mol. The minimum Gasteiger partial charge on any atom is -0.490 e. The molecule has 0 radical (unpaired) electrons. The van der Waals surface area contributed by atoms with Gasteiger partial charge in [-0.15, -0.1) is 0 Å². The first-order valence-electron chi connectivity index (χ1n) is 9.22. The van der Waals surface area contributed by atoms with Gasteiger partial charge in [0.1, 0.15) is 12.4 Å². The van der Waals surface area contributed by atoms with Crippen molar-refractivity contribution in [3.63, 3.8) is 0 Å². The van der Waals surface area contributed by atoms with Crippen molar-refractivity contribution in [1.29, 1.82) is 0 Å². The van der Waals surface area contributed by atoms with Crippen LogP contribution in [-0.2, 0) is 16.6 Å². The summed E-state index contributed by atoms with van der Waals surface area (Å²) in [7, 11) is -3.73. The van der Waals surface area contributed by atoms with Gasteiger partial charge in [-0.2, -0.15) is 13.5 Å². The third-order valence-electron chi connectivity index (χ3n) is 4.02. The highest BCUT2D eigenvalue weighted by Crippen LogP contribution is 2.29. The molecule has 3 aromatic rings. The number of nitrogens with one attached hydrogen (secondary N) is 1. The number of hydrogen-bond donors (Lipinski definition) is 1. The number of nitrogens with zero attached hydrogens (tertiary/aromatic N) is 1. The molecule has 6 nitrogen and oxygen atoms in total. The Morgan fingerprint density at radius 3 is 2.40 bits per heavy atom. The fraction of sp³-hybridized carbons (Fsp3) is 0.136. The lowest BCUT2D eigenvalue weighted by Crippen LogP contribution is -2.18. The van der Waals surface area contributed by atoms with Crippen molar-refractivity contribution < 1.29 is 22.3 Å². The van der Waals surface area contributed by atoms with E-state index >= 15 is 0 Å². The maximum atomic E-state index is 13.0. The van der Waals surface area contributed by atoms with Crippen molar-refractivity contribution in [2.24, 2.45) is 5.10 Å². The van der Waals surface area contributed by atoms with Gasteiger partial charge < -0.3 is 9.47 Å². The zero-order valence-corrected chi connectivity index (χ0v) is 17.1. The summed E-state index contributed by atoms with van der Waals surface area (Å²) < 4.78 is 48.8. The second-order valence-corrected chi connectivity index (χ2v) is 7.88. The van der Waals surface area contributed by atoms with Crippen molar-refractivity contribution in [3.8, 4) is 11.5 Å². The van der Waals surface area contributed by atoms with E-state index < -0.39 is 10.0 Å². The van der Waals surface area contributed by atoms with E-state index in [0.29, 0.717) is 23.7 Å². The molecule has 0 aliphatic rings. The Labute approximate surface area is 175 Å². The molecule has 3 rings (SSSR count). The van der Waals surface area contributed by atoms with Gasteiger partial charge in [0.2, 0.25) is 0 Å². The first-order chi connectivity index (χ1) is 14.5. The number of benzene rings is 3. The summed E-state index contributed by atoms with van der Waals surface area (Å²) in [5.74, 6) is 0.706. The average Bonchev–Trinajstić information content (AvgIpc) is 2.75. The van der Waals surface area contributed by atoms with Crippen LogP contribution in [0.5, 0.6) is 11.5 Å². The highest BCUT2D eigenvalue weighted by atomic mass is 32.2. The number of halogens is 1. The molecule has 8 heteroatoms. The number of rotatable bonds is 9. The molecule has 0 bridgehead atoms. The van der Waals surface area contributed by atoms with Gasteiger partial charge in [0.25, 0.3) is 10.0 Å². The lowest BCUT2D eigenvalue weighted by molar-refractivity contribution is 0.269. The molecule has 0 saturated heterocycles. The molecule has 3 aromatic carbocycles. The second-order valence-electron chi connectivity index (χ2n) is 6.22. The van der Waals surface area contributed by atoms with E-state index in [2.05, 4.69) is 9.93 Å². The average molecular weight is 428 g/mol. The molecule has 0 aromatic heterocycles. The topological polar surface area (TPSA) is 77.0 Å². The van der Waals surface area contributed by atoms with Crippen molar-refractivity contribution >= 4 is 16.2 Å². The zero-order valence-electron chi connectivity index (χ0n) is 16.3. The van der Waals surface area contributed by atoms with Gasteiger partial charge in [0.05, 0.1) is 17.7 Å².